The predicted octanol–water partition coefficient (Wildman–Crippen LogP) is 6.33. The maximum atomic E-state index is 13.4. The van der Waals surface area contributed by atoms with E-state index in [1.54, 1.807) is 14.2 Å². The van der Waals surface area contributed by atoms with E-state index in [9.17, 15) is 4.79 Å². The van der Waals surface area contributed by atoms with E-state index in [2.05, 4.69) is 50.4 Å². The number of ether oxygens (including phenoxy) is 2. The summed E-state index contributed by atoms with van der Waals surface area (Å²) in [5, 5.41) is 3.75. The fourth-order valence-electron chi connectivity index (χ4n) is 6.28. The molecule has 1 saturated carbocycles. The number of aryl methyl sites for hydroxylation is 2. The third-order valence-electron chi connectivity index (χ3n) is 8.68. The van der Waals surface area contributed by atoms with Gasteiger partial charge in [-0.1, -0.05) is 31.2 Å². The van der Waals surface area contributed by atoms with E-state index >= 15 is 0 Å². The number of likely N-dealkylation sites (tertiary alicyclic amines) is 1. The van der Waals surface area contributed by atoms with Crippen LogP contribution < -0.4 is 14.8 Å². The van der Waals surface area contributed by atoms with E-state index < -0.39 is 0 Å². The molecule has 4 rings (SSSR count). The molecule has 1 saturated heterocycles. The van der Waals surface area contributed by atoms with Crippen LogP contribution in [0.25, 0.3) is 0 Å². The van der Waals surface area contributed by atoms with Crippen molar-refractivity contribution in [3.05, 3.63) is 70.4 Å². The molecular weight excluding hydrogens is 460 g/mol. The van der Waals surface area contributed by atoms with E-state index in [0.717, 1.165) is 51.1 Å². The molecule has 0 radical (unpaired) electrons. The van der Waals surface area contributed by atoms with Crippen molar-refractivity contribution < 1.29 is 14.3 Å². The fraction of sp³-hybridized carbons (Fsp3) is 0.531. The monoisotopic (exact) mass is 504 g/mol. The van der Waals surface area contributed by atoms with Crippen molar-refractivity contribution in [2.45, 2.75) is 65.7 Å². The summed E-state index contributed by atoms with van der Waals surface area (Å²) >= 11 is 0. The minimum absolute atomic E-state index is 0.111. The van der Waals surface area contributed by atoms with Gasteiger partial charge in [-0.2, -0.15) is 0 Å². The van der Waals surface area contributed by atoms with Crippen molar-refractivity contribution in [2.24, 2.45) is 11.3 Å². The minimum Gasteiger partial charge on any atom is -0.496 e. The molecular formula is C32H44N2O3. The molecule has 0 bridgehead atoms. The van der Waals surface area contributed by atoms with Crippen LogP contribution in [-0.4, -0.2) is 44.7 Å². The van der Waals surface area contributed by atoms with E-state index in [-0.39, 0.29) is 5.91 Å². The van der Waals surface area contributed by atoms with Crippen LogP contribution in [0.4, 0.5) is 0 Å². The van der Waals surface area contributed by atoms with Gasteiger partial charge in [0, 0.05) is 25.3 Å². The summed E-state index contributed by atoms with van der Waals surface area (Å²) in [5.74, 6) is 2.33. The zero-order valence-corrected chi connectivity index (χ0v) is 23.4. The third kappa shape index (κ3) is 6.14. The molecule has 200 valence electrons. The molecule has 1 unspecified atom stereocenters. The number of methoxy groups -OCH3 is 2. The largest absolute Gasteiger partial charge is 0.496 e. The Labute approximate surface area is 223 Å². The van der Waals surface area contributed by atoms with Gasteiger partial charge in [0.15, 0.2) is 0 Å². The summed E-state index contributed by atoms with van der Waals surface area (Å²) in [6, 6.07) is 12.5. The van der Waals surface area contributed by atoms with Gasteiger partial charge < -0.3 is 19.7 Å². The van der Waals surface area contributed by atoms with E-state index in [4.69, 9.17) is 9.47 Å². The molecule has 5 nitrogen and oxygen atoms in total. The molecule has 1 aliphatic carbocycles. The first-order valence-electron chi connectivity index (χ1n) is 13.9. The highest BCUT2D eigenvalue weighted by atomic mass is 16.5. The Hall–Kier alpha value is -2.95. The van der Waals surface area contributed by atoms with Gasteiger partial charge in [-0.3, -0.25) is 4.79 Å². The molecule has 5 heteroatoms. The Balaban J connectivity index is 1.31. The molecule has 2 fully saturated rings. The average molecular weight is 505 g/mol. The smallest absolute Gasteiger partial charge is 0.257 e. The maximum Gasteiger partial charge on any atom is 0.257 e. The molecule has 1 spiro atoms. The highest BCUT2D eigenvalue weighted by molar-refractivity contribution is 5.97. The third-order valence-corrected chi connectivity index (χ3v) is 8.68. The quantitative estimate of drug-likeness (QED) is 0.433. The van der Waals surface area contributed by atoms with Crippen LogP contribution in [0.5, 0.6) is 11.5 Å². The Morgan fingerprint density at radius 1 is 1.05 bits per heavy atom. The van der Waals surface area contributed by atoms with Gasteiger partial charge in [-0.25, -0.2) is 0 Å². The lowest BCUT2D eigenvalue weighted by molar-refractivity contribution is 0.0579. The summed E-state index contributed by atoms with van der Waals surface area (Å²) in [6.45, 7) is 8.94. The number of hydrogen-bond donors (Lipinski definition) is 1. The molecule has 2 aromatic rings. The summed E-state index contributed by atoms with van der Waals surface area (Å²) in [6.07, 6.45) is 10.0. The number of nitrogens with one attached hydrogen (secondary N) is 1. The fourth-order valence-corrected chi connectivity index (χ4v) is 6.28. The molecule has 1 amide bonds. The zero-order chi connectivity index (χ0) is 26.4. The van der Waals surface area contributed by atoms with Crippen LogP contribution >= 0.6 is 0 Å². The summed E-state index contributed by atoms with van der Waals surface area (Å²) < 4.78 is 11.0. The predicted molar refractivity (Wildman–Crippen MR) is 150 cm³/mol. The number of benzene rings is 2. The van der Waals surface area contributed by atoms with Gasteiger partial charge in [-0.05, 0) is 105 Å². The van der Waals surface area contributed by atoms with Gasteiger partial charge in [0.1, 0.15) is 11.5 Å². The lowest BCUT2D eigenvalue weighted by atomic mass is 9.76. The minimum atomic E-state index is 0.111. The van der Waals surface area contributed by atoms with Crippen molar-refractivity contribution in [1.82, 2.24) is 10.2 Å². The highest BCUT2D eigenvalue weighted by Crippen LogP contribution is 2.50. The number of allylic oxidation sites excluding steroid dienone is 2. The number of nitrogens with zero attached hydrogens (tertiary/aromatic N) is 1. The summed E-state index contributed by atoms with van der Waals surface area (Å²) in [4.78, 5) is 15.4. The number of rotatable bonds is 9. The van der Waals surface area contributed by atoms with Crippen molar-refractivity contribution in [3.8, 4) is 11.5 Å². The number of hydrogen-bond acceptors (Lipinski definition) is 4. The first-order valence-corrected chi connectivity index (χ1v) is 13.9. The highest BCUT2D eigenvalue weighted by Gasteiger charge is 2.43. The zero-order valence-electron chi connectivity index (χ0n) is 23.4. The van der Waals surface area contributed by atoms with E-state index in [1.807, 2.05) is 23.1 Å². The average Bonchev–Trinajstić information content (AvgIpc) is 3.34. The van der Waals surface area contributed by atoms with E-state index in [0.29, 0.717) is 22.6 Å². The second kappa shape index (κ2) is 12.1. The number of carbonyl (C=O) groups excluding carboxylic acids is 1. The van der Waals surface area contributed by atoms with Crippen LogP contribution in [0.2, 0.25) is 0 Å². The molecule has 37 heavy (non-hydrogen) atoms. The molecule has 2 aromatic carbocycles. The normalized spacial score (nSPS) is 19.2. The van der Waals surface area contributed by atoms with Gasteiger partial charge in [-0.15, -0.1) is 0 Å². The Morgan fingerprint density at radius 3 is 2.46 bits per heavy atom. The summed E-state index contributed by atoms with van der Waals surface area (Å²) in [5.41, 5.74) is 6.09. The van der Waals surface area contributed by atoms with Crippen molar-refractivity contribution >= 4 is 5.91 Å². The van der Waals surface area contributed by atoms with Crippen LogP contribution in [0, 0.1) is 18.3 Å². The lowest BCUT2D eigenvalue weighted by Crippen LogP contribution is -2.42. The molecule has 1 heterocycles. The van der Waals surface area contributed by atoms with E-state index in [1.165, 1.54) is 41.6 Å². The van der Waals surface area contributed by atoms with Crippen LogP contribution in [0.1, 0.15) is 73.0 Å². The Bertz CT molecular complexity index is 1120. The molecule has 1 N–H and O–H groups in total. The Morgan fingerprint density at radius 2 is 1.78 bits per heavy atom. The van der Waals surface area contributed by atoms with Gasteiger partial charge in [0.2, 0.25) is 0 Å². The van der Waals surface area contributed by atoms with Gasteiger partial charge in [0.25, 0.3) is 5.91 Å². The second-order valence-corrected chi connectivity index (χ2v) is 10.8. The van der Waals surface area contributed by atoms with Gasteiger partial charge >= 0.3 is 0 Å². The maximum absolute atomic E-state index is 13.4. The van der Waals surface area contributed by atoms with Crippen molar-refractivity contribution in [2.75, 3.05) is 33.9 Å². The number of piperidine rings is 1. The topological polar surface area (TPSA) is 50.8 Å². The first-order chi connectivity index (χ1) is 17.9. The van der Waals surface area contributed by atoms with Crippen LogP contribution in [0.15, 0.2) is 48.2 Å². The van der Waals surface area contributed by atoms with Crippen molar-refractivity contribution in [3.63, 3.8) is 0 Å². The molecule has 2 aliphatic rings. The SMILES string of the molecule is CC=C(NCCc1ccc(C)c(OC)c1)C1CCC2(CCN(C(=O)c3cc(CC)ccc3OC)CC2)C1. The van der Waals surface area contributed by atoms with Crippen molar-refractivity contribution in [1.29, 1.82) is 0 Å². The summed E-state index contributed by atoms with van der Waals surface area (Å²) in [7, 11) is 3.38. The molecule has 1 atom stereocenters. The number of carbonyl (C=O) groups is 1. The first kappa shape index (κ1) is 27.1. The van der Waals surface area contributed by atoms with Gasteiger partial charge in [0.05, 0.1) is 19.8 Å². The Kier molecular flexibility index (Phi) is 8.83. The molecule has 1 aliphatic heterocycles. The lowest BCUT2D eigenvalue weighted by Gasteiger charge is -2.40. The van der Waals surface area contributed by atoms with Crippen LogP contribution in [-0.2, 0) is 12.8 Å². The standard InChI is InChI=1S/C32H44N2O3/c1-6-24-10-11-29(36-4)27(20-24)31(35)34-18-15-32(16-19-34)14-12-26(22-32)28(7-2)33-17-13-25-9-8-23(3)30(21-25)37-5/h7-11,20-21,26,33H,6,12-19,22H2,1-5H3. The second-order valence-electron chi connectivity index (χ2n) is 10.8. The van der Waals surface area contributed by atoms with Crippen LogP contribution in [0.3, 0.4) is 0 Å². The number of amides is 1. The molecule has 0 aromatic heterocycles.